The van der Waals surface area contributed by atoms with Crippen molar-refractivity contribution in [2.45, 2.75) is 6.92 Å². The summed E-state index contributed by atoms with van der Waals surface area (Å²) in [4.78, 5) is 21.0. The topological polar surface area (TPSA) is 55.4 Å². The van der Waals surface area contributed by atoms with E-state index in [4.69, 9.17) is 0 Å². The highest BCUT2D eigenvalue weighted by Crippen LogP contribution is 1.78. The number of hydrogen-bond donors (Lipinski definition) is 1. The minimum absolute atomic E-state index is 0.237. The minimum atomic E-state index is -0.587. The van der Waals surface area contributed by atoms with Crippen LogP contribution in [-0.4, -0.2) is 25.0 Å². The molecule has 0 aromatic carbocycles. The van der Waals surface area contributed by atoms with E-state index in [0.29, 0.717) is 6.54 Å². The van der Waals surface area contributed by atoms with Gasteiger partial charge in [-0.3, -0.25) is 4.79 Å². The number of esters is 1. The summed E-state index contributed by atoms with van der Waals surface area (Å²) < 4.78 is 4.44. The quantitative estimate of drug-likeness (QED) is 0.456. The molecule has 0 aliphatic heterocycles. The summed E-state index contributed by atoms with van der Waals surface area (Å²) >= 11 is 0. The molecule has 0 radical (unpaired) electrons. The smallest absolute Gasteiger partial charge is 0.330 e. The van der Waals surface area contributed by atoms with Gasteiger partial charge in [0, 0.05) is 12.6 Å². The molecule has 0 rings (SSSR count). The van der Waals surface area contributed by atoms with Crippen LogP contribution in [0.4, 0.5) is 0 Å². The van der Waals surface area contributed by atoms with Crippen molar-refractivity contribution >= 4 is 11.9 Å². The summed E-state index contributed by atoms with van der Waals surface area (Å²) in [6.07, 6.45) is 1.01. The minimum Gasteiger partial charge on any atom is -0.452 e. The molecule has 0 aliphatic rings. The highest BCUT2D eigenvalue weighted by atomic mass is 16.5. The van der Waals surface area contributed by atoms with Gasteiger partial charge in [0.1, 0.15) is 0 Å². The number of carbonyl (C=O) groups excluding carboxylic acids is 2. The van der Waals surface area contributed by atoms with E-state index in [2.05, 4.69) is 16.6 Å². The number of nitrogens with one attached hydrogen (secondary N) is 1. The summed E-state index contributed by atoms with van der Waals surface area (Å²) in [5.74, 6) is -0.890. The van der Waals surface area contributed by atoms with Gasteiger partial charge < -0.3 is 10.1 Å². The van der Waals surface area contributed by atoms with E-state index in [0.717, 1.165) is 6.08 Å². The number of likely N-dealkylation sites (N-methyl/N-ethyl adjacent to an activating group) is 1. The van der Waals surface area contributed by atoms with Crippen molar-refractivity contribution in [3.05, 3.63) is 12.7 Å². The van der Waals surface area contributed by atoms with E-state index in [9.17, 15) is 9.59 Å². The van der Waals surface area contributed by atoms with Crippen molar-refractivity contribution in [1.82, 2.24) is 5.32 Å². The molecule has 0 spiro atoms. The van der Waals surface area contributed by atoms with Crippen molar-refractivity contribution in [3.63, 3.8) is 0 Å². The maximum Gasteiger partial charge on any atom is 0.330 e. The second-order valence-corrected chi connectivity index (χ2v) is 1.77. The Balaban J connectivity index is 3.45. The van der Waals surface area contributed by atoms with Gasteiger partial charge in [-0.25, -0.2) is 4.79 Å². The Hall–Kier alpha value is -1.32. The summed E-state index contributed by atoms with van der Waals surface area (Å²) in [6, 6.07) is 0. The highest BCUT2D eigenvalue weighted by molar-refractivity contribution is 5.85. The number of rotatable bonds is 4. The molecule has 0 unspecified atom stereocenters. The monoisotopic (exact) mass is 157 g/mol. The van der Waals surface area contributed by atoms with Gasteiger partial charge in [0.25, 0.3) is 5.91 Å². The first-order chi connectivity index (χ1) is 5.20. The van der Waals surface area contributed by atoms with Crippen LogP contribution in [0.5, 0.6) is 0 Å². The van der Waals surface area contributed by atoms with Crippen LogP contribution in [0.2, 0.25) is 0 Å². The van der Waals surface area contributed by atoms with Crippen molar-refractivity contribution in [1.29, 1.82) is 0 Å². The lowest BCUT2D eigenvalue weighted by Gasteiger charge is -2.00. The van der Waals surface area contributed by atoms with E-state index >= 15 is 0 Å². The summed E-state index contributed by atoms with van der Waals surface area (Å²) in [5.41, 5.74) is 0. The second-order valence-electron chi connectivity index (χ2n) is 1.77. The Kier molecular flexibility index (Phi) is 4.81. The molecule has 0 fully saturated rings. The average Bonchev–Trinajstić information content (AvgIpc) is 2.01. The van der Waals surface area contributed by atoms with E-state index in [1.807, 2.05) is 0 Å². The van der Waals surface area contributed by atoms with Crippen molar-refractivity contribution in [2.24, 2.45) is 0 Å². The fourth-order valence-corrected chi connectivity index (χ4v) is 0.444. The maximum absolute atomic E-state index is 10.6. The zero-order chi connectivity index (χ0) is 8.69. The molecule has 4 heteroatoms. The average molecular weight is 157 g/mol. The predicted molar refractivity (Wildman–Crippen MR) is 39.8 cm³/mol. The van der Waals surface area contributed by atoms with Crippen LogP contribution < -0.4 is 5.32 Å². The molecule has 4 nitrogen and oxygen atoms in total. The fraction of sp³-hybridized carbons (Fsp3) is 0.429. The lowest BCUT2D eigenvalue weighted by molar-refractivity contribution is -0.143. The van der Waals surface area contributed by atoms with Crippen molar-refractivity contribution < 1.29 is 14.3 Å². The van der Waals surface area contributed by atoms with Crippen LogP contribution in [0.3, 0.4) is 0 Å². The molecule has 0 heterocycles. The molecule has 62 valence electrons. The van der Waals surface area contributed by atoms with E-state index in [1.54, 1.807) is 6.92 Å². The Morgan fingerprint density at radius 3 is 2.73 bits per heavy atom. The molecule has 0 bridgehead atoms. The first-order valence-electron chi connectivity index (χ1n) is 3.26. The van der Waals surface area contributed by atoms with E-state index in [1.165, 1.54) is 0 Å². The zero-order valence-electron chi connectivity index (χ0n) is 6.42. The van der Waals surface area contributed by atoms with Gasteiger partial charge in [0.05, 0.1) is 0 Å². The molecule has 0 saturated heterocycles. The standard InChI is InChI=1S/C7H11NO3/c1-3-7(10)11-5-6(9)8-4-2/h3H,1,4-5H2,2H3,(H,8,9). The third-order valence-corrected chi connectivity index (χ3v) is 0.886. The van der Waals surface area contributed by atoms with Crippen LogP contribution in [-0.2, 0) is 14.3 Å². The predicted octanol–water partition coefficient (Wildman–Crippen LogP) is -0.148. The summed E-state index contributed by atoms with van der Waals surface area (Å²) in [5, 5.41) is 2.47. The normalized spacial score (nSPS) is 8.45. The SMILES string of the molecule is C=CC(=O)OCC(=O)NCC. The maximum atomic E-state index is 10.6. The van der Waals surface area contributed by atoms with E-state index in [-0.39, 0.29) is 12.5 Å². The summed E-state index contributed by atoms with van der Waals surface area (Å²) in [6.45, 7) is 5.26. The zero-order valence-corrected chi connectivity index (χ0v) is 6.42. The van der Waals surface area contributed by atoms with Gasteiger partial charge in [-0.2, -0.15) is 0 Å². The van der Waals surface area contributed by atoms with Gasteiger partial charge in [-0.05, 0) is 6.92 Å². The molecular weight excluding hydrogens is 146 g/mol. The Labute approximate surface area is 65.2 Å². The van der Waals surface area contributed by atoms with Gasteiger partial charge in [-0.1, -0.05) is 6.58 Å². The molecule has 0 aromatic rings. The molecular formula is C7H11NO3. The third kappa shape index (κ3) is 5.14. The first-order valence-corrected chi connectivity index (χ1v) is 3.26. The van der Waals surface area contributed by atoms with E-state index < -0.39 is 5.97 Å². The molecule has 0 atom stereocenters. The molecule has 1 amide bonds. The Bertz CT molecular complexity index is 165. The largest absolute Gasteiger partial charge is 0.452 e. The molecule has 0 saturated carbocycles. The lowest BCUT2D eigenvalue weighted by Crippen LogP contribution is -2.27. The van der Waals surface area contributed by atoms with Crippen molar-refractivity contribution in [3.8, 4) is 0 Å². The number of ether oxygens (including phenoxy) is 1. The van der Waals surface area contributed by atoms with Gasteiger partial charge in [0.2, 0.25) is 0 Å². The Morgan fingerprint density at radius 1 is 1.64 bits per heavy atom. The summed E-state index contributed by atoms with van der Waals surface area (Å²) in [7, 11) is 0. The molecule has 1 N–H and O–H groups in total. The lowest BCUT2D eigenvalue weighted by atomic mass is 10.6. The van der Waals surface area contributed by atoms with Gasteiger partial charge in [0.15, 0.2) is 6.61 Å². The Morgan fingerprint density at radius 2 is 2.27 bits per heavy atom. The fourth-order valence-electron chi connectivity index (χ4n) is 0.444. The van der Waals surface area contributed by atoms with Gasteiger partial charge >= 0.3 is 5.97 Å². The number of hydrogen-bond acceptors (Lipinski definition) is 3. The van der Waals surface area contributed by atoms with Crippen molar-refractivity contribution in [2.75, 3.05) is 13.2 Å². The van der Waals surface area contributed by atoms with Crippen LogP contribution in [0.15, 0.2) is 12.7 Å². The molecule has 0 aromatic heterocycles. The van der Waals surface area contributed by atoms with Crippen LogP contribution in [0, 0.1) is 0 Å². The molecule has 11 heavy (non-hydrogen) atoms. The first kappa shape index (κ1) is 9.68. The van der Waals surface area contributed by atoms with Crippen LogP contribution >= 0.6 is 0 Å². The third-order valence-electron chi connectivity index (χ3n) is 0.886. The van der Waals surface area contributed by atoms with Crippen LogP contribution in [0.1, 0.15) is 6.92 Å². The van der Waals surface area contributed by atoms with Gasteiger partial charge in [-0.15, -0.1) is 0 Å². The number of amides is 1. The number of carbonyl (C=O) groups is 2. The molecule has 0 aliphatic carbocycles. The highest BCUT2D eigenvalue weighted by Gasteiger charge is 2.01. The second kappa shape index (κ2) is 5.46. The van der Waals surface area contributed by atoms with Crippen LogP contribution in [0.25, 0.3) is 0 Å².